The number of nitrogens with one attached hydrogen (secondary N) is 1. The van der Waals surface area contributed by atoms with E-state index in [9.17, 15) is 4.79 Å². The Morgan fingerprint density at radius 3 is 1.89 bits per heavy atom. The van der Waals surface area contributed by atoms with Crippen molar-refractivity contribution in [2.24, 2.45) is 0 Å². The Balaban J connectivity index is 5.17. The maximum atomic E-state index is 11.7. The van der Waals surface area contributed by atoms with Crippen LogP contribution in [0.3, 0.4) is 0 Å². The zero-order valence-corrected chi connectivity index (χ0v) is 14.2. The zero-order chi connectivity index (χ0) is 14.6. The highest BCUT2D eigenvalue weighted by Crippen LogP contribution is 2.18. The number of carbonyl (C=O) groups is 1. The minimum Gasteiger partial charge on any atom is -0.539 e. The smallest absolute Gasteiger partial charge is 0.342 e. The maximum Gasteiger partial charge on any atom is 0.342 e. The summed E-state index contributed by atoms with van der Waals surface area (Å²) >= 11 is 0. The van der Waals surface area contributed by atoms with Gasteiger partial charge in [-0.25, -0.2) is 4.79 Å². The first kappa shape index (κ1) is 17.1. The number of rotatable bonds is 6. The molecule has 104 valence electrons. The van der Waals surface area contributed by atoms with Crippen LogP contribution in [0.15, 0.2) is 5.76 Å². The van der Waals surface area contributed by atoms with Crippen LogP contribution in [-0.2, 0) is 18.4 Å². The summed E-state index contributed by atoms with van der Waals surface area (Å²) in [5.74, 6) is 1.74. The molecule has 0 fully saturated rings. The van der Waals surface area contributed by atoms with Crippen molar-refractivity contribution in [2.75, 3.05) is 7.11 Å². The van der Waals surface area contributed by atoms with Gasteiger partial charge >= 0.3 is 5.97 Å². The summed E-state index contributed by atoms with van der Waals surface area (Å²) in [6, 6.07) is 0. The lowest BCUT2D eigenvalue weighted by Crippen LogP contribution is -2.41. The van der Waals surface area contributed by atoms with Crippen LogP contribution in [0.25, 0.3) is 0 Å². The molecule has 0 saturated carbocycles. The average Bonchev–Trinajstić information content (AvgIpc) is 2.19. The number of esters is 1. The molecular formula is C11H23NO4Si2. The molecule has 0 radical (unpaired) electrons. The molecule has 0 aliphatic carbocycles. The molecule has 0 aromatic rings. The van der Waals surface area contributed by atoms with E-state index in [2.05, 4.69) is 5.87 Å². The van der Waals surface area contributed by atoms with Crippen LogP contribution in [0.4, 0.5) is 0 Å². The molecule has 5 nitrogen and oxygen atoms in total. The van der Waals surface area contributed by atoms with E-state index in [-0.39, 0.29) is 5.76 Å². The fourth-order valence-electron chi connectivity index (χ4n) is 1.14. The summed E-state index contributed by atoms with van der Waals surface area (Å²) < 4.78 is 16.1. The van der Waals surface area contributed by atoms with E-state index in [1.165, 1.54) is 7.11 Å². The third-order valence-corrected chi connectivity index (χ3v) is 3.44. The fraction of sp³-hybridized carbons (Fsp3) is 0.727. The van der Waals surface area contributed by atoms with Gasteiger partial charge < -0.3 is 13.6 Å². The van der Waals surface area contributed by atoms with Gasteiger partial charge in [-0.15, -0.1) is 0 Å². The Morgan fingerprint density at radius 2 is 1.61 bits per heavy atom. The summed E-state index contributed by atoms with van der Waals surface area (Å²) in [4.78, 5) is 11.7. The van der Waals surface area contributed by atoms with Crippen molar-refractivity contribution >= 4 is 28.5 Å². The Hall–Kier alpha value is -0.886. The summed E-state index contributed by atoms with van der Waals surface area (Å²) in [5.41, 5.74) is 0. The molecule has 0 rings (SSSR count). The SMILES string of the molecule is COC(=O)C(O[Si](C)(C)C)C(=C=N)O[Si](C)(C)C. The third kappa shape index (κ3) is 6.75. The van der Waals surface area contributed by atoms with Crippen molar-refractivity contribution < 1.29 is 18.4 Å². The second kappa shape index (κ2) is 6.33. The Morgan fingerprint density at radius 1 is 1.11 bits per heavy atom. The molecule has 0 spiro atoms. The molecule has 0 heterocycles. The maximum absolute atomic E-state index is 11.7. The predicted octanol–water partition coefficient (Wildman–Crippen LogP) is 2.36. The number of carbonyl (C=O) groups excluding carboxylic acids is 1. The van der Waals surface area contributed by atoms with Crippen molar-refractivity contribution in [1.82, 2.24) is 0 Å². The normalized spacial score (nSPS) is 13.5. The molecular weight excluding hydrogens is 266 g/mol. The summed E-state index contributed by atoms with van der Waals surface area (Å²) in [6.07, 6.45) is -0.981. The molecule has 1 unspecified atom stereocenters. The van der Waals surface area contributed by atoms with E-state index in [0.717, 1.165) is 0 Å². The standard InChI is InChI=1S/C11H23NO4Si2/c1-14-11(13)10(16-18(5,6)7)9(8-12)15-17(2,3)4/h10,12H,1-7H3. The van der Waals surface area contributed by atoms with E-state index in [1.807, 2.05) is 39.3 Å². The van der Waals surface area contributed by atoms with Gasteiger partial charge in [0.15, 0.2) is 14.1 Å². The van der Waals surface area contributed by atoms with Crippen LogP contribution in [-0.4, -0.2) is 41.7 Å². The molecule has 0 saturated heterocycles. The van der Waals surface area contributed by atoms with Crippen LogP contribution >= 0.6 is 0 Å². The number of ether oxygens (including phenoxy) is 1. The molecule has 1 N–H and O–H groups in total. The molecule has 0 aliphatic rings. The lowest BCUT2D eigenvalue weighted by Gasteiger charge is -2.28. The number of methoxy groups -OCH3 is 1. The van der Waals surface area contributed by atoms with Crippen LogP contribution in [0.5, 0.6) is 0 Å². The fourth-order valence-corrected chi connectivity index (χ4v) is 2.87. The number of hydrogen-bond donors (Lipinski definition) is 1. The van der Waals surface area contributed by atoms with Crippen molar-refractivity contribution in [3.8, 4) is 0 Å². The van der Waals surface area contributed by atoms with Crippen molar-refractivity contribution in [2.45, 2.75) is 45.4 Å². The average molecular weight is 289 g/mol. The zero-order valence-electron chi connectivity index (χ0n) is 12.2. The Kier molecular flexibility index (Phi) is 6.02. The van der Waals surface area contributed by atoms with Crippen molar-refractivity contribution in [1.29, 1.82) is 5.41 Å². The van der Waals surface area contributed by atoms with Crippen LogP contribution in [0.2, 0.25) is 39.3 Å². The van der Waals surface area contributed by atoms with E-state index < -0.39 is 28.7 Å². The van der Waals surface area contributed by atoms with E-state index >= 15 is 0 Å². The van der Waals surface area contributed by atoms with Gasteiger partial charge in [-0.05, 0) is 39.3 Å². The van der Waals surface area contributed by atoms with E-state index in [0.29, 0.717) is 0 Å². The van der Waals surface area contributed by atoms with Crippen molar-refractivity contribution in [3.05, 3.63) is 5.76 Å². The predicted molar refractivity (Wildman–Crippen MR) is 75.9 cm³/mol. The molecule has 7 heteroatoms. The van der Waals surface area contributed by atoms with Gasteiger partial charge in [0, 0.05) is 5.87 Å². The van der Waals surface area contributed by atoms with Gasteiger partial charge in [-0.1, -0.05) is 0 Å². The highest BCUT2D eigenvalue weighted by molar-refractivity contribution is 6.70. The van der Waals surface area contributed by atoms with E-state index in [1.54, 1.807) is 0 Å². The van der Waals surface area contributed by atoms with Gasteiger partial charge in [-0.2, -0.15) is 0 Å². The highest BCUT2D eigenvalue weighted by Gasteiger charge is 2.34. The quantitative estimate of drug-likeness (QED) is 0.353. The third-order valence-electron chi connectivity index (χ3n) is 1.66. The second-order valence-electron chi connectivity index (χ2n) is 5.84. The Bertz CT molecular complexity index is 351. The van der Waals surface area contributed by atoms with Crippen LogP contribution in [0, 0.1) is 5.41 Å². The second-order valence-corrected chi connectivity index (χ2v) is 14.7. The summed E-state index contributed by atoms with van der Waals surface area (Å²) in [5, 5.41) is 7.28. The first-order valence-electron chi connectivity index (χ1n) is 5.74. The summed E-state index contributed by atoms with van der Waals surface area (Å²) in [7, 11) is -2.60. The van der Waals surface area contributed by atoms with Gasteiger partial charge in [0.05, 0.1) is 7.11 Å². The van der Waals surface area contributed by atoms with Gasteiger partial charge in [0.1, 0.15) is 0 Å². The number of hydrogen-bond acceptors (Lipinski definition) is 5. The monoisotopic (exact) mass is 289 g/mol. The van der Waals surface area contributed by atoms with Crippen molar-refractivity contribution in [3.63, 3.8) is 0 Å². The lowest BCUT2D eigenvalue weighted by atomic mass is 10.3. The first-order valence-corrected chi connectivity index (χ1v) is 12.6. The van der Waals surface area contributed by atoms with Gasteiger partial charge in [0.2, 0.25) is 14.4 Å². The largest absolute Gasteiger partial charge is 0.539 e. The molecule has 1 atom stereocenters. The summed E-state index contributed by atoms with van der Waals surface area (Å²) in [6.45, 7) is 11.8. The molecule has 0 aromatic heterocycles. The van der Waals surface area contributed by atoms with Crippen LogP contribution in [0.1, 0.15) is 0 Å². The van der Waals surface area contributed by atoms with Gasteiger partial charge in [-0.3, -0.25) is 5.41 Å². The molecule has 18 heavy (non-hydrogen) atoms. The Labute approximate surface area is 111 Å². The lowest BCUT2D eigenvalue weighted by molar-refractivity contribution is -0.148. The topological polar surface area (TPSA) is 68.6 Å². The highest BCUT2D eigenvalue weighted by atomic mass is 28.4. The minimum atomic E-state index is -1.96. The molecule has 0 aromatic carbocycles. The molecule has 0 aliphatic heterocycles. The minimum absolute atomic E-state index is 0.114. The van der Waals surface area contributed by atoms with E-state index in [4.69, 9.17) is 19.0 Å². The van der Waals surface area contributed by atoms with Crippen LogP contribution < -0.4 is 0 Å². The molecule has 0 bridgehead atoms. The van der Waals surface area contributed by atoms with Gasteiger partial charge in [0.25, 0.3) is 0 Å². The first-order chi connectivity index (χ1) is 8.00. The molecule has 0 amide bonds.